The molecule has 0 saturated heterocycles. The van der Waals surface area contributed by atoms with E-state index in [1.165, 1.54) is 18.3 Å². The summed E-state index contributed by atoms with van der Waals surface area (Å²) in [5.74, 6) is 1.12. The van der Waals surface area contributed by atoms with Gasteiger partial charge in [-0.15, -0.1) is 0 Å². The molecule has 0 bridgehead atoms. The molecule has 0 fully saturated rings. The lowest BCUT2D eigenvalue weighted by molar-refractivity contribution is 0.575. The Bertz CT molecular complexity index is 1010. The quantitative estimate of drug-likeness (QED) is 0.524. The third-order valence-electron chi connectivity index (χ3n) is 3.34. The molecule has 1 heterocycles. The molecule has 3 N–H and O–H groups in total. The maximum absolute atomic E-state index is 11.3. The number of nitrogens with two attached hydrogens (primary N) is 1. The first kappa shape index (κ1) is 17.2. The summed E-state index contributed by atoms with van der Waals surface area (Å²) in [6.07, 6.45) is 1.52. The number of rotatable bonds is 5. The number of para-hydroxylation sites is 1. The second-order valence-corrected chi connectivity index (χ2v) is 7.09. The molecule has 128 valence electrons. The van der Waals surface area contributed by atoms with Gasteiger partial charge in [0, 0.05) is 5.56 Å². The van der Waals surface area contributed by atoms with Crippen LogP contribution >= 0.6 is 11.6 Å². The normalized spacial score (nSPS) is 11.8. The summed E-state index contributed by atoms with van der Waals surface area (Å²) in [6, 6.07) is 16.9. The van der Waals surface area contributed by atoms with E-state index in [0.29, 0.717) is 22.2 Å². The summed E-state index contributed by atoms with van der Waals surface area (Å²) in [4.78, 5) is 0.0496. The van der Waals surface area contributed by atoms with E-state index in [1.807, 2.05) is 12.1 Å². The summed E-state index contributed by atoms with van der Waals surface area (Å²) in [5, 5.41) is 9.72. The van der Waals surface area contributed by atoms with E-state index in [-0.39, 0.29) is 4.90 Å². The largest absolute Gasteiger partial charge is 0.455 e. The van der Waals surface area contributed by atoms with E-state index in [4.69, 9.17) is 21.2 Å². The van der Waals surface area contributed by atoms with Crippen molar-refractivity contribution in [2.75, 3.05) is 5.43 Å². The van der Waals surface area contributed by atoms with Gasteiger partial charge in [0.25, 0.3) is 0 Å². The van der Waals surface area contributed by atoms with Crippen LogP contribution in [0.1, 0.15) is 5.76 Å². The van der Waals surface area contributed by atoms with Gasteiger partial charge in [0.1, 0.15) is 11.5 Å². The number of halogens is 1. The van der Waals surface area contributed by atoms with Crippen LogP contribution in [0.3, 0.4) is 0 Å². The number of anilines is 1. The Labute approximate surface area is 150 Å². The fraction of sp³-hybridized carbons (Fsp3) is 0. The number of primary sulfonamides is 1. The van der Waals surface area contributed by atoms with E-state index in [9.17, 15) is 8.42 Å². The summed E-state index contributed by atoms with van der Waals surface area (Å²) in [7, 11) is -3.71. The number of nitrogens with zero attached hydrogens (tertiary/aromatic N) is 1. The number of nitrogens with one attached hydrogen (secondary N) is 1. The van der Waals surface area contributed by atoms with Crippen LogP contribution in [0.5, 0.6) is 0 Å². The average Bonchev–Trinajstić information content (AvgIpc) is 3.05. The van der Waals surface area contributed by atoms with Crippen LogP contribution in [-0.2, 0) is 10.0 Å². The zero-order chi connectivity index (χ0) is 17.9. The Morgan fingerprint density at radius 1 is 1.04 bits per heavy atom. The van der Waals surface area contributed by atoms with Crippen molar-refractivity contribution in [3.63, 3.8) is 0 Å². The Hall–Kier alpha value is -2.61. The topological polar surface area (TPSA) is 97.7 Å². The van der Waals surface area contributed by atoms with Gasteiger partial charge in [-0.2, -0.15) is 5.10 Å². The van der Waals surface area contributed by atoms with Crippen molar-refractivity contribution in [2.45, 2.75) is 4.90 Å². The Kier molecular flexibility index (Phi) is 4.89. The lowest BCUT2D eigenvalue weighted by Crippen LogP contribution is -2.11. The molecule has 0 spiro atoms. The van der Waals surface area contributed by atoms with Gasteiger partial charge in [-0.25, -0.2) is 13.6 Å². The van der Waals surface area contributed by atoms with Crippen LogP contribution in [0.25, 0.3) is 11.3 Å². The van der Waals surface area contributed by atoms with Gasteiger partial charge in [-0.05, 0) is 48.5 Å². The number of furan rings is 1. The maximum atomic E-state index is 11.3. The van der Waals surface area contributed by atoms with E-state index < -0.39 is 10.0 Å². The first-order valence-electron chi connectivity index (χ1n) is 7.20. The van der Waals surface area contributed by atoms with Gasteiger partial charge in [-0.1, -0.05) is 23.7 Å². The highest BCUT2D eigenvalue weighted by Crippen LogP contribution is 2.23. The summed E-state index contributed by atoms with van der Waals surface area (Å²) >= 11 is 6.02. The highest BCUT2D eigenvalue weighted by atomic mass is 35.5. The number of hydrogen-bond acceptors (Lipinski definition) is 5. The predicted molar refractivity (Wildman–Crippen MR) is 98.2 cm³/mol. The van der Waals surface area contributed by atoms with Gasteiger partial charge in [0.15, 0.2) is 0 Å². The Morgan fingerprint density at radius 2 is 1.76 bits per heavy atom. The van der Waals surface area contributed by atoms with E-state index >= 15 is 0 Å². The number of sulfonamides is 1. The van der Waals surface area contributed by atoms with Crippen LogP contribution in [0.4, 0.5) is 5.69 Å². The van der Waals surface area contributed by atoms with Crippen molar-refractivity contribution < 1.29 is 12.8 Å². The Morgan fingerprint density at radius 3 is 2.44 bits per heavy atom. The minimum Gasteiger partial charge on any atom is -0.455 e. The highest BCUT2D eigenvalue weighted by Gasteiger charge is 2.09. The van der Waals surface area contributed by atoms with Crippen molar-refractivity contribution in [3.05, 3.63) is 71.4 Å². The molecule has 1 aromatic heterocycles. The maximum Gasteiger partial charge on any atom is 0.238 e. The SMILES string of the molecule is NS(=O)(=O)c1ccc(-c2ccc(/C=N\Nc3ccccc3Cl)o2)cc1. The van der Waals surface area contributed by atoms with Crippen molar-refractivity contribution in [1.29, 1.82) is 0 Å². The van der Waals surface area contributed by atoms with Crippen LogP contribution in [0.2, 0.25) is 5.02 Å². The molecule has 8 heteroatoms. The van der Waals surface area contributed by atoms with Gasteiger partial charge < -0.3 is 4.42 Å². The van der Waals surface area contributed by atoms with Crippen LogP contribution in [0.15, 0.2) is 75.1 Å². The van der Waals surface area contributed by atoms with E-state index in [2.05, 4.69) is 10.5 Å². The minimum absolute atomic E-state index is 0.0496. The first-order valence-corrected chi connectivity index (χ1v) is 9.12. The minimum atomic E-state index is -3.71. The average molecular weight is 376 g/mol. The number of benzene rings is 2. The van der Waals surface area contributed by atoms with Crippen LogP contribution < -0.4 is 10.6 Å². The van der Waals surface area contributed by atoms with Gasteiger partial charge in [0.2, 0.25) is 10.0 Å². The monoisotopic (exact) mass is 375 g/mol. The zero-order valence-electron chi connectivity index (χ0n) is 12.9. The molecule has 0 aliphatic heterocycles. The summed E-state index contributed by atoms with van der Waals surface area (Å²) in [6.45, 7) is 0. The second kappa shape index (κ2) is 7.10. The molecular formula is C17H14ClN3O3S. The molecule has 2 aromatic carbocycles. The molecule has 6 nitrogen and oxygen atoms in total. The molecule has 0 atom stereocenters. The fourth-order valence-corrected chi connectivity index (χ4v) is 2.80. The van der Waals surface area contributed by atoms with E-state index in [0.717, 1.165) is 5.56 Å². The van der Waals surface area contributed by atoms with Crippen molar-refractivity contribution in [2.24, 2.45) is 10.2 Å². The van der Waals surface area contributed by atoms with Crippen LogP contribution in [0, 0.1) is 0 Å². The van der Waals surface area contributed by atoms with Gasteiger partial charge in [0.05, 0.1) is 21.8 Å². The molecule has 0 radical (unpaired) electrons. The lowest BCUT2D eigenvalue weighted by atomic mass is 10.2. The van der Waals surface area contributed by atoms with Gasteiger partial charge >= 0.3 is 0 Å². The van der Waals surface area contributed by atoms with Crippen LogP contribution in [-0.4, -0.2) is 14.6 Å². The molecule has 0 aliphatic carbocycles. The Balaban J connectivity index is 1.72. The molecule has 25 heavy (non-hydrogen) atoms. The molecule has 0 amide bonds. The molecule has 0 aliphatic rings. The highest BCUT2D eigenvalue weighted by molar-refractivity contribution is 7.89. The summed E-state index contributed by atoms with van der Waals surface area (Å²) in [5.41, 5.74) is 4.25. The standard InChI is InChI=1S/C17H14ClN3O3S/c18-15-3-1-2-4-16(15)21-20-11-13-7-10-17(24-13)12-5-8-14(9-6-12)25(19,22)23/h1-11,21H,(H2,19,22,23)/b20-11-. The smallest absolute Gasteiger partial charge is 0.238 e. The fourth-order valence-electron chi connectivity index (χ4n) is 2.10. The van der Waals surface area contributed by atoms with Crippen molar-refractivity contribution >= 4 is 33.5 Å². The van der Waals surface area contributed by atoms with Crippen molar-refractivity contribution in [1.82, 2.24) is 0 Å². The zero-order valence-corrected chi connectivity index (χ0v) is 14.5. The van der Waals surface area contributed by atoms with Crippen molar-refractivity contribution in [3.8, 4) is 11.3 Å². The number of hydrazone groups is 1. The second-order valence-electron chi connectivity index (χ2n) is 5.12. The predicted octanol–water partition coefficient (Wildman–Crippen LogP) is 3.69. The van der Waals surface area contributed by atoms with E-state index in [1.54, 1.807) is 36.4 Å². The molecule has 3 aromatic rings. The first-order chi connectivity index (χ1) is 11.9. The summed E-state index contributed by atoms with van der Waals surface area (Å²) < 4.78 is 28.2. The molecule has 0 saturated carbocycles. The van der Waals surface area contributed by atoms with Gasteiger partial charge in [-0.3, -0.25) is 5.43 Å². The molecular weight excluding hydrogens is 362 g/mol. The number of hydrogen-bond donors (Lipinski definition) is 2. The lowest BCUT2D eigenvalue weighted by Gasteiger charge is -2.01. The third-order valence-corrected chi connectivity index (χ3v) is 4.60. The molecule has 0 unspecified atom stereocenters. The molecule has 3 rings (SSSR count). The third kappa shape index (κ3) is 4.27.